The lowest BCUT2D eigenvalue weighted by Gasteiger charge is -2.08. The Morgan fingerprint density at radius 3 is 0.932 bits per heavy atom. The summed E-state index contributed by atoms with van der Waals surface area (Å²) >= 11 is 0. The number of benzene rings is 2. The number of hydrogen-bond donors (Lipinski definition) is 0. The van der Waals surface area contributed by atoms with Gasteiger partial charge < -0.3 is 9.47 Å². The SMILES string of the molecule is CCCCCCCCCCCCOc1ccc(-c2nnc(-c3ccc(OCCCCCCCCCCCC)cc3)nn2)cc1. The van der Waals surface area contributed by atoms with Crippen LogP contribution in [-0.4, -0.2) is 33.6 Å². The van der Waals surface area contributed by atoms with E-state index < -0.39 is 0 Å². The molecule has 0 aliphatic rings. The van der Waals surface area contributed by atoms with Gasteiger partial charge in [0.1, 0.15) is 11.5 Å². The van der Waals surface area contributed by atoms with Crippen LogP contribution in [0, 0.1) is 0 Å². The van der Waals surface area contributed by atoms with E-state index in [0.29, 0.717) is 11.6 Å². The third-order valence-corrected chi connectivity index (χ3v) is 8.24. The maximum absolute atomic E-state index is 5.94. The van der Waals surface area contributed by atoms with Gasteiger partial charge in [0.2, 0.25) is 11.6 Å². The first-order valence-corrected chi connectivity index (χ1v) is 17.8. The molecule has 0 atom stereocenters. The van der Waals surface area contributed by atoms with Crippen molar-refractivity contribution in [1.82, 2.24) is 20.4 Å². The Balaban J connectivity index is 1.28. The monoisotopic (exact) mass is 602 g/mol. The first kappa shape index (κ1) is 35.5. The fraction of sp³-hybridized carbons (Fsp3) is 0.632. The van der Waals surface area contributed by atoms with Gasteiger partial charge in [-0.3, -0.25) is 0 Å². The average molecular weight is 603 g/mol. The van der Waals surface area contributed by atoms with Gasteiger partial charge in [-0.15, -0.1) is 20.4 Å². The Hall–Kier alpha value is -3.02. The topological polar surface area (TPSA) is 70.0 Å². The van der Waals surface area contributed by atoms with Gasteiger partial charge in [-0.1, -0.05) is 129 Å². The summed E-state index contributed by atoms with van der Waals surface area (Å²) in [7, 11) is 0. The van der Waals surface area contributed by atoms with Crippen molar-refractivity contribution in [3.05, 3.63) is 48.5 Å². The Morgan fingerprint density at radius 2 is 0.636 bits per heavy atom. The van der Waals surface area contributed by atoms with Crippen molar-refractivity contribution >= 4 is 0 Å². The number of nitrogens with zero attached hydrogens (tertiary/aromatic N) is 4. The van der Waals surface area contributed by atoms with Crippen LogP contribution in [0.2, 0.25) is 0 Å². The van der Waals surface area contributed by atoms with Gasteiger partial charge in [0.15, 0.2) is 0 Å². The maximum Gasteiger partial charge on any atom is 0.203 e. The molecule has 44 heavy (non-hydrogen) atoms. The zero-order valence-electron chi connectivity index (χ0n) is 27.8. The van der Waals surface area contributed by atoms with Gasteiger partial charge >= 0.3 is 0 Å². The third-order valence-electron chi connectivity index (χ3n) is 8.24. The highest BCUT2D eigenvalue weighted by Gasteiger charge is 2.08. The molecule has 0 aliphatic heterocycles. The van der Waals surface area contributed by atoms with Crippen molar-refractivity contribution in [3.63, 3.8) is 0 Å². The highest BCUT2D eigenvalue weighted by molar-refractivity contribution is 5.58. The number of aromatic nitrogens is 4. The summed E-state index contributed by atoms with van der Waals surface area (Å²) in [6.45, 7) is 6.06. The van der Waals surface area contributed by atoms with Crippen molar-refractivity contribution in [2.45, 2.75) is 142 Å². The molecular formula is C38H58N4O2. The summed E-state index contributed by atoms with van der Waals surface area (Å²) < 4.78 is 11.9. The minimum atomic E-state index is 0.506. The molecule has 6 heteroatoms. The predicted octanol–water partition coefficient (Wildman–Crippen LogP) is 11.2. The normalized spacial score (nSPS) is 11.1. The molecule has 3 aromatic rings. The smallest absolute Gasteiger partial charge is 0.203 e. The summed E-state index contributed by atoms with van der Waals surface area (Å²) in [5, 5.41) is 17.3. The Bertz CT molecular complexity index is 999. The molecule has 6 nitrogen and oxygen atoms in total. The highest BCUT2D eigenvalue weighted by Crippen LogP contribution is 2.22. The van der Waals surface area contributed by atoms with E-state index in [9.17, 15) is 0 Å². The Labute approximate surface area is 267 Å². The second-order valence-corrected chi connectivity index (χ2v) is 12.2. The molecule has 0 saturated heterocycles. The van der Waals surface area contributed by atoms with Gasteiger partial charge in [-0.25, -0.2) is 0 Å². The lowest BCUT2D eigenvalue weighted by molar-refractivity contribution is 0.304. The molecule has 0 unspecified atom stereocenters. The zero-order valence-corrected chi connectivity index (χ0v) is 27.8. The summed E-state index contributed by atoms with van der Waals surface area (Å²) in [4.78, 5) is 0. The van der Waals surface area contributed by atoms with Crippen molar-refractivity contribution in [1.29, 1.82) is 0 Å². The van der Waals surface area contributed by atoms with E-state index in [-0.39, 0.29) is 0 Å². The minimum Gasteiger partial charge on any atom is -0.494 e. The summed E-state index contributed by atoms with van der Waals surface area (Å²) in [6.07, 6.45) is 26.5. The van der Waals surface area contributed by atoms with E-state index in [1.54, 1.807) is 0 Å². The molecule has 0 saturated carbocycles. The first-order chi connectivity index (χ1) is 21.8. The van der Waals surface area contributed by atoms with Crippen LogP contribution in [0.4, 0.5) is 0 Å². The second-order valence-electron chi connectivity index (χ2n) is 12.2. The predicted molar refractivity (Wildman–Crippen MR) is 183 cm³/mol. The van der Waals surface area contributed by atoms with E-state index in [0.717, 1.165) is 48.7 Å². The number of ether oxygens (including phenoxy) is 2. The number of hydrogen-bond acceptors (Lipinski definition) is 6. The molecular weight excluding hydrogens is 544 g/mol. The molecule has 0 radical (unpaired) electrons. The van der Waals surface area contributed by atoms with Crippen molar-refractivity contribution in [2.24, 2.45) is 0 Å². The van der Waals surface area contributed by atoms with E-state index in [1.165, 1.54) is 116 Å². The third kappa shape index (κ3) is 15.1. The van der Waals surface area contributed by atoms with Crippen LogP contribution in [0.25, 0.3) is 22.8 Å². The molecule has 0 spiro atoms. The average Bonchev–Trinajstić information content (AvgIpc) is 3.07. The molecule has 2 aromatic carbocycles. The van der Waals surface area contributed by atoms with E-state index in [4.69, 9.17) is 9.47 Å². The quantitative estimate of drug-likeness (QED) is 0.0851. The van der Waals surface area contributed by atoms with Crippen LogP contribution in [0.3, 0.4) is 0 Å². The molecule has 1 heterocycles. The minimum absolute atomic E-state index is 0.506. The molecule has 3 rings (SSSR count). The van der Waals surface area contributed by atoms with Gasteiger partial charge in [0, 0.05) is 11.1 Å². The molecule has 0 N–H and O–H groups in total. The molecule has 0 aliphatic carbocycles. The van der Waals surface area contributed by atoms with E-state index in [1.807, 2.05) is 48.5 Å². The van der Waals surface area contributed by atoms with Crippen molar-refractivity contribution in [2.75, 3.05) is 13.2 Å². The molecule has 0 fully saturated rings. The summed E-state index contributed by atoms with van der Waals surface area (Å²) in [5.41, 5.74) is 1.75. The van der Waals surface area contributed by atoms with Crippen LogP contribution < -0.4 is 9.47 Å². The van der Waals surface area contributed by atoms with E-state index >= 15 is 0 Å². The van der Waals surface area contributed by atoms with Gasteiger partial charge in [-0.05, 0) is 61.4 Å². The Morgan fingerprint density at radius 1 is 0.364 bits per heavy atom. The fourth-order valence-electron chi connectivity index (χ4n) is 5.42. The van der Waals surface area contributed by atoms with Crippen LogP contribution in [0.15, 0.2) is 48.5 Å². The van der Waals surface area contributed by atoms with E-state index in [2.05, 4.69) is 34.2 Å². The van der Waals surface area contributed by atoms with Gasteiger partial charge in [-0.2, -0.15) is 0 Å². The molecule has 0 bridgehead atoms. The fourth-order valence-corrected chi connectivity index (χ4v) is 5.42. The van der Waals surface area contributed by atoms with Crippen molar-refractivity contribution in [3.8, 4) is 34.3 Å². The zero-order chi connectivity index (χ0) is 30.9. The highest BCUT2D eigenvalue weighted by atomic mass is 16.5. The van der Waals surface area contributed by atoms with Crippen LogP contribution in [0.1, 0.15) is 142 Å². The molecule has 242 valence electrons. The molecule has 0 amide bonds. The van der Waals surface area contributed by atoms with Crippen molar-refractivity contribution < 1.29 is 9.47 Å². The van der Waals surface area contributed by atoms with Crippen LogP contribution >= 0.6 is 0 Å². The summed E-state index contributed by atoms with van der Waals surface area (Å²) in [6, 6.07) is 15.7. The number of unbranched alkanes of at least 4 members (excludes halogenated alkanes) is 18. The lowest BCUT2D eigenvalue weighted by Crippen LogP contribution is -2.00. The van der Waals surface area contributed by atoms with Gasteiger partial charge in [0.25, 0.3) is 0 Å². The lowest BCUT2D eigenvalue weighted by atomic mass is 10.1. The maximum atomic E-state index is 5.94. The first-order valence-electron chi connectivity index (χ1n) is 17.8. The molecule has 1 aromatic heterocycles. The largest absolute Gasteiger partial charge is 0.494 e. The van der Waals surface area contributed by atoms with Crippen LogP contribution in [0.5, 0.6) is 11.5 Å². The number of rotatable bonds is 26. The van der Waals surface area contributed by atoms with Crippen LogP contribution in [-0.2, 0) is 0 Å². The second kappa shape index (κ2) is 23.4. The standard InChI is InChI=1S/C38H58N4O2/c1-3-5-7-9-11-13-15-17-19-21-31-43-35-27-23-33(24-28-35)37-39-41-38(42-40-37)34-25-29-36(30-26-34)44-32-22-20-18-16-14-12-10-8-6-4-2/h23-30H,3-22,31-32H2,1-2H3. The summed E-state index contributed by atoms with van der Waals surface area (Å²) in [5.74, 6) is 2.76. The Kier molecular flexibility index (Phi) is 18.8. The van der Waals surface area contributed by atoms with Gasteiger partial charge in [0.05, 0.1) is 13.2 Å².